The Morgan fingerprint density at radius 3 is 2.30 bits per heavy atom. The van der Waals surface area contributed by atoms with Crippen LogP contribution in [-0.4, -0.2) is 30.8 Å². The number of hydrogen-bond acceptors (Lipinski definition) is 5. The third kappa shape index (κ3) is 4.01. The number of rotatable bonds is 4. The Labute approximate surface area is 118 Å². The first-order chi connectivity index (χ1) is 8.93. The highest BCUT2D eigenvalue weighted by molar-refractivity contribution is 7.90. The van der Waals surface area contributed by atoms with E-state index >= 15 is 0 Å². The number of nitro benzene ring substituents is 1. The first-order valence-corrected chi connectivity index (χ1v) is 7.97. The topological polar surface area (TPSA) is 97.5 Å². The van der Waals surface area contributed by atoms with E-state index in [1.807, 2.05) is 20.8 Å². The van der Waals surface area contributed by atoms with E-state index in [1.165, 1.54) is 12.1 Å². The molecular formula is C13H19NO5S. The fourth-order valence-electron chi connectivity index (χ4n) is 1.63. The summed E-state index contributed by atoms with van der Waals surface area (Å²) >= 11 is 0. The second-order valence-corrected chi connectivity index (χ2v) is 7.92. The standard InChI is InChI=1S/C13H19NO5S/c1-13(2,3)12(15)7-9-5-6-10(20(4,18)19)8-11(9)14(16)17/h5-6,8,12,15H,7H2,1-4H3. The molecule has 0 heterocycles. The normalized spacial score (nSPS) is 14.1. The summed E-state index contributed by atoms with van der Waals surface area (Å²) < 4.78 is 22.9. The molecule has 1 aromatic rings. The summed E-state index contributed by atoms with van der Waals surface area (Å²) in [6, 6.07) is 3.76. The Bertz CT molecular complexity index is 616. The number of benzene rings is 1. The summed E-state index contributed by atoms with van der Waals surface area (Å²) in [7, 11) is -3.50. The number of sulfone groups is 1. The highest BCUT2D eigenvalue weighted by Crippen LogP contribution is 2.28. The van der Waals surface area contributed by atoms with E-state index in [-0.39, 0.29) is 17.0 Å². The van der Waals surface area contributed by atoms with Crippen molar-refractivity contribution >= 4 is 15.5 Å². The third-order valence-corrected chi connectivity index (χ3v) is 4.20. The molecule has 0 spiro atoms. The van der Waals surface area contributed by atoms with Crippen LogP contribution in [-0.2, 0) is 16.3 Å². The fourth-order valence-corrected chi connectivity index (χ4v) is 2.27. The molecule has 0 fully saturated rings. The number of aliphatic hydroxyl groups is 1. The quantitative estimate of drug-likeness (QED) is 0.677. The van der Waals surface area contributed by atoms with Gasteiger partial charge in [0.25, 0.3) is 5.69 Å². The molecule has 1 N–H and O–H groups in total. The Morgan fingerprint density at radius 1 is 1.35 bits per heavy atom. The molecule has 6 nitrogen and oxygen atoms in total. The van der Waals surface area contributed by atoms with Gasteiger partial charge >= 0.3 is 0 Å². The smallest absolute Gasteiger partial charge is 0.273 e. The molecule has 1 rings (SSSR count). The summed E-state index contributed by atoms with van der Waals surface area (Å²) in [5, 5.41) is 21.1. The van der Waals surface area contributed by atoms with Crippen LogP contribution >= 0.6 is 0 Å². The zero-order valence-corrected chi connectivity index (χ0v) is 12.8. The first kappa shape index (κ1) is 16.6. The molecule has 1 aromatic carbocycles. The molecule has 0 aliphatic heterocycles. The number of hydrogen-bond donors (Lipinski definition) is 1. The average Bonchev–Trinajstić information content (AvgIpc) is 2.26. The van der Waals surface area contributed by atoms with E-state index in [9.17, 15) is 23.6 Å². The van der Waals surface area contributed by atoms with Crippen molar-refractivity contribution in [1.82, 2.24) is 0 Å². The number of nitrogens with zero attached hydrogens (tertiary/aromatic N) is 1. The summed E-state index contributed by atoms with van der Waals surface area (Å²) in [6.45, 7) is 5.48. The van der Waals surface area contributed by atoms with E-state index in [0.29, 0.717) is 5.56 Å². The van der Waals surface area contributed by atoms with Crippen LogP contribution in [0.5, 0.6) is 0 Å². The van der Waals surface area contributed by atoms with Gasteiger partial charge in [-0.05, 0) is 11.5 Å². The van der Waals surface area contributed by atoms with Crippen LogP contribution in [0.2, 0.25) is 0 Å². The van der Waals surface area contributed by atoms with Crippen LogP contribution in [0, 0.1) is 15.5 Å². The lowest BCUT2D eigenvalue weighted by atomic mass is 9.85. The van der Waals surface area contributed by atoms with Gasteiger partial charge in [-0.15, -0.1) is 0 Å². The van der Waals surface area contributed by atoms with Crippen LogP contribution < -0.4 is 0 Å². The number of nitro groups is 1. The summed E-state index contributed by atoms with van der Waals surface area (Å²) in [5.41, 5.74) is -0.371. The maximum absolute atomic E-state index is 11.4. The molecule has 112 valence electrons. The van der Waals surface area contributed by atoms with Gasteiger partial charge in [0.2, 0.25) is 0 Å². The molecule has 0 amide bonds. The Kier molecular flexibility index (Phi) is 4.55. The Morgan fingerprint density at radius 2 is 1.90 bits per heavy atom. The van der Waals surface area contributed by atoms with Crippen molar-refractivity contribution in [2.45, 2.75) is 38.2 Å². The van der Waals surface area contributed by atoms with Crippen molar-refractivity contribution in [3.05, 3.63) is 33.9 Å². The number of aliphatic hydroxyl groups excluding tert-OH is 1. The van der Waals surface area contributed by atoms with Crippen LogP contribution in [0.25, 0.3) is 0 Å². The summed E-state index contributed by atoms with van der Waals surface area (Å²) in [5.74, 6) is 0. The molecule has 0 radical (unpaired) electrons. The van der Waals surface area contributed by atoms with Crippen molar-refractivity contribution in [1.29, 1.82) is 0 Å². The monoisotopic (exact) mass is 301 g/mol. The minimum Gasteiger partial charge on any atom is -0.392 e. The summed E-state index contributed by atoms with van der Waals surface area (Å²) in [4.78, 5) is 10.3. The SMILES string of the molecule is CC(C)(C)C(O)Cc1ccc(S(C)(=O)=O)cc1[N+](=O)[O-]. The molecule has 7 heteroatoms. The average molecular weight is 301 g/mol. The molecule has 0 aliphatic rings. The lowest BCUT2D eigenvalue weighted by Crippen LogP contribution is -2.28. The van der Waals surface area contributed by atoms with Crippen LogP contribution in [0.3, 0.4) is 0 Å². The van der Waals surface area contributed by atoms with Crippen LogP contribution in [0.4, 0.5) is 5.69 Å². The minimum atomic E-state index is -3.50. The van der Waals surface area contributed by atoms with Gasteiger partial charge in [-0.25, -0.2) is 8.42 Å². The predicted octanol–water partition coefficient (Wildman–Crippen LogP) is 1.95. The third-order valence-electron chi connectivity index (χ3n) is 3.09. The van der Waals surface area contributed by atoms with E-state index in [4.69, 9.17) is 0 Å². The largest absolute Gasteiger partial charge is 0.392 e. The molecule has 0 bridgehead atoms. The van der Waals surface area contributed by atoms with Crippen LogP contribution in [0.15, 0.2) is 23.1 Å². The highest BCUT2D eigenvalue weighted by atomic mass is 32.2. The van der Waals surface area contributed by atoms with Crippen molar-refractivity contribution < 1.29 is 18.4 Å². The molecular weight excluding hydrogens is 282 g/mol. The van der Waals surface area contributed by atoms with Gasteiger partial charge in [-0.2, -0.15) is 0 Å². The molecule has 20 heavy (non-hydrogen) atoms. The molecule has 1 atom stereocenters. The van der Waals surface area contributed by atoms with Gasteiger partial charge in [-0.1, -0.05) is 26.8 Å². The van der Waals surface area contributed by atoms with Gasteiger partial charge in [0.05, 0.1) is 15.9 Å². The van der Waals surface area contributed by atoms with Crippen molar-refractivity contribution in [3.63, 3.8) is 0 Å². The van der Waals surface area contributed by atoms with E-state index in [1.54, 1.807) is 0 Å². The van der Waals surface area contributed by atoms with Gasteiger partial charge in [0, 0.05) is 24.3 Å². The van der Waals surface area contributed by atoms with Gasteiger partial charge in [0.15, 0.2) is 9.84 Å². The van der Waals surface area contributed by atoms with Crippen LogP contribution in [0.1, 0.15) is 26.3 Å². The maximum atomic E-state index is 11.4. The Balaban J connectivity index is 3.25. The lowest BCUT2D eigenvalue weighted by Gasteiger charge is -2.25. The van der Waals surface area contributed by atoms with Gasteiger partial charge in [-0.3, -0.25) is 10.1 Å². The molecule has 0 aliphatic carbocycles. The second kappa shape index (κ2) is 5.49. The van der Waals surface area contributed by atoms with E-state index < -0.39 is 26.3 Å². The zero-order valence-electron chi connectivity index (χ0n) is 12.0. The molecule has 0 aromatic heterocycles. The minimum absolute atomic E-state index is 0.0989. The maximum Gasteiger partial charge on any atom is 0.273 e. The molecule has 1 unspecified atom stereocenters. The van der Waals surface area contributed by atoms with Gasteiger partial charge in [0.1, 0.15) is 0 Å². The molecule has 0 saturated carbocycles. The van der Waals surface area contributed by atoms with E-state index in [2.05, 4.69) is 0 Å². The van der Waals surface area contributed by atoms with E-state index in [0.717, 1.165) is 12.3 Å². The second-order valence-electron chi connectivity index (χ2n) is 5.91. The first-order valence-electron chi connectivity index (χ1n) is 6.08. The molecule has 0 saturated heterocycles. The zero-order chi connectivity index (χ0) is 15.7. The van der Waals surface area contributed by atoms with Crippen molar-refractivity contribution in [2.24, 2.45) is 5.41 Å². The highest BCUT2D eigenvalue weighted by Gasteiger charge is 2.26. The van der Waals surface area contributed by atoms with Crippen molar-refractivity contribution in [2.75, 3.05) is 6.26 Å². The lowest BCUT2D eigenvalue weighted by molar-refractivity contribution is -0.385. The fraction of sp³-hybridized carbons (Fsp3) is 0.538. The summed E-state index contributed by atoms with van der Waals surface area (Å²) in [6.07, 6.45) is 0.338. The predicted molar refractivity (Wildman–Crippen MR) is 75.4 cm³/mol. The van der Waals surface area contributed by atoms with Gasteiger partial charge < -0.3 is 5.11 Å². The van der Waals surface area contributed by atoms with Crippen molar-refractivity contribution in [3.8, 4) is 0 Å². The Hall–Kier alpha value is -1.47.